The molecule has 2 aromatic heterocycles. The van der Waals surface area contributed by atoms with Crippen molar-refractivity contribution >= 4 is 30.0 Å². The van der Waals surface area contributed by atoms with Crippen LogP contribution in [0.1, 0.15) is 16.8 Å². The number of para-hydroxylation sites is 1. The number of aromatic nitrogens is 5. The van der Waals surface area contributed by atoms with Gasteiger partial charge in [0.1, 0.15) is 5.15 Å². The van der Waals surface area contributed by atoms with Gasteiger partial charge in [0.25, 0.3) is 0 Å². The summed E-state index contributed by atoms with van der Waals surface area (Å²) in [6.07, 6.45) is 1.66. The molecule has 0 aliphatic rings. The predicted molar refractivity (Wildman–Crippen MR) is 114 cm³/mol. The predicted octanol–water partition coefficient (Wildman–Crippen LogP) is 4.95. The van der Waals surface area contributed by atoms with Gasteiger partial charge in [0.2, 0.25) is 4.77 Å². The summed E-state index contributed by atoms with van der Waals surface area (Å²) in [6, 6.07) is 17.7. The Morgan fingerprint density at radius 2 is 1.79 bits per heavy atom. The maximum atomic E-state index is 6.57. The van der Waals surface area contributed by atoms with Gasteiger partial charge in [0.05, 0.1) is 23.2 Å². The van der Waals surface area contributed by atoms with Crippen LogP contribution in [-0.2, 0) is 0 Å². The van der Waals surface area contributed by atoms with E-state index in [9.17, 15) is 0 Å². The smallest absolute Gasteiger partial charge is 0.216 e. The minimum Gasteiger partial charge on any atom is -0.250 e. The van der Waals surface area contributed by atoms with Gasteiger partial charge in [0.15, 0.2) is 5.82 Å². The van der Waals surface area contributed by atoms with Crippen molar-refractivity contribution in [3.05, 3.63) is 81.3 Å². The van der Waals surface area contributed by atoms with Gasteiger partial charge in [-0.25, -0.2) is 9.78 Å². The van der Waals surface area contributed by atoms with Crippen molar-refractivity contribution in [1.29, 1.82) is 0 Å². The number of aromatic amines is 1. The number of rotatable bonds is 4. The maximum absolute atomic E-state index is 6.57. The molecule has 0 fully saturated rings. The number of hydrogen-bond donors (Lipinski definition) is 1. The van der Waals surface area contributed by atoms with E-state index in [2.05, 4.69) is 20.4 Å². The molecule has 0 saturated carbocycles. The van der Waals surface area contributed by atoms with Crippen LogP contribution >= 0.6 is 23.8 Å². The van der Waals surface area contributed by atoms with Crippen molar-refractivity contribution in [3.8, 4) is 17.1 Å². The number of hydrogen-bond acceptors (Lipinski definition) is 4. The van der Waals surface area contributed by atoms with Gasteiger partial charge in [0, 0.05) is 5.56 Å². The lowest BCUT2D eigenvalue weighted by Crippen LogP contribution is -1.97. The minimum atomic E-state index is 0.399. The normalized spacial score (nSPS) is 11.4. The maximum Gasteiger partial charge on any atom is 0.216 e. The summed E-state index contributed by atoms with van der Waals surface area (Å²) in [5.41, 5.74) is 4.46. The summed E-state index contributed by atoms with van der Waals surface area (Å²) in [4.78, 5) is 0. The van der Waals surface area contributed by atoms with Crippen molar-refractivity contribution in [1.82, 2.24) is 24.7 Å². The summed E-state index contributed by atoms with van der Waals surface area (Å²) in [6.45, 7) is 3.93. The average molecular weight is 409 g/mol. The van der Waals surface area contributed by atoms with Crippen molar-refractivity contribution in [2.75, 3.05) is 0 Å². The van der Waals surface area contributed by atoms with Crippen LogP contribution in [0.4, 0.5) is 0 Å². The fraction of sp³-hybridized carbons (Fsp3) is 0.100. The highest BCUT2D eigenvalue weighted by molar-refractivity contribution is 7.71. The monoisotopic (exact) mass is 408 g/mol. The Balaban J connectivity index is 1.73. The Labute approximate surface area is 172 Å². The largest absolute Gasteiger partial charge is 0.250 e. The second-order valence-corrected chi connectivity index (χ2v) is 7.06. The molecule has 1 N–H and O–H groups in total. The molecule has 2 aromatic carbocycles. The molecule has 0 unspecified atom stereocenters. The Bertz CT molecular complexity index is 1200. The van der Waals surface area contributed by atoms with Gasteiger partial charge in [-0.2, -0.15) is 20.0 Å². The first kappa shape index (κ1) is 18.3. The first-order valence-electron chi connectivity index (χ1n) is 8.64. The zero-order valence-electron chi connectivity index (χ0n) is 15.3. The Morgan fingerprint density at radius 3 is 2.50 bits per heavy atom. The van der Waals surface area contributed by atoms with Crippen LogP contribution in [0.15, 0.2) is 59.7 Å². The highest BCUT2D eigenvalue weighted by Gasteiger charge is 2.14. The van der Waals surface area contributed by atoms with Gasteiger partial charge in [-0.05, 0) is 38.2 Å². The molecule has 2 heterocycles. The summed E-state index contributed by atoms with van der Waals surface area (Å²) < 4.78 is 3.67. The van der Waals surface area contributed by atoms with E-state index in [-0.39, 0.29) is 0 Å². The highest BCUT2D eigenvalue weighted by atomic mass is 35.5. The molecule has 0 amide bonds. The summed E-state index contributed by atoms with van der Waals surface area (Å²) in [5, 5.41) is 16.6. The molecule has 0 aliphatic carbocycles. The van der Waals surface area contributed by atoms with E-state index in [1.165, 1.54) is 5.56 Å². The molecule has 28 heavy (non-hydrogen) atoms. The molecular weight excluding hydrogens is 392 g/mol. The van der Waals surface area contributed by atoms with Crippen molar-refractivity contribution in [2.24, 2.45) is 5.10 Å². The molecule has 140 valence electrons. The van der Waals surface area contributed by atoms with E-state index >= 15 is 0 Å². The Kier molecular flexibility index (Phi) is 4.93. The van der Waals surface area contributed by atoms with Gasteiger partial charge >= 0.3 is 0 Å². The van der Waals surface area contributed by atoms with Crippen LogP contribution in [-0.4, -0.2) is 30.9 Å². The molecule has 0 spiro atoms. The lowest BCUT2D eigenvalue weighted by molar-refractivity contribution is 0.863. The summed E-state index contributed by atoms with van der Waals surface area (Å²) >= 11 is 11.9. The molecular formula is C20H17ClN6S. The van der Waals surface area contributed by atoms with Gasteiger partial charge in [-0.1, -0.05) is 59.6 Å². The fourth-order valence-electron chi connectivity index (χ4n) is 2.80. The standard InChI is InChI=1S/C20H17ClN6S/c1-13-8-10-15(11-9-13)19-23-24-20(28)27(19)22-12-17-14(2)25-26(18(17)21)16-6-4-3-5-7-16/h3-12H,1-2H3,(H,24,28)/b22-12-. The lowest BCUT2D eigenvalue weighted by atomic mass is 10.1. The molecule has 6 nitrogen and oxygen atoms in total. The number of nitrogens with one attached hydrogen (secondary N) is 1. The van der Waals surface area contributed by atoms with Crippen molar-refractivity contribution in [2.45, 2.75) is 13.8 Å². The zero-order valence-corrected chi connectivity index (χ0v) is 16.9. The molecule has 0 atom stereocenters. The van der Waals surface area contributed by atoms with Crippen LogP contribution in [0.3, 0.4) is 0 Å². The third kappa shape index (κ3) is 3.42. The van der Waals surface area contributed by atoms with Crippen LogP contribution < -0.4 is 0 Å². The minimum absolute atomic E-state index is 0.399. The van der Waals surface area contributed by atoms with Crippen LogP contribution in [0.25, 0.3) is 17.1 Å². The molecule has 0 saturated heterocycles. The third-order valence-corrected chi connectivity index (χ3v) is 4.94. The van der Waals surface area contributed by atoms with E-state index in [1.807, 2.05) is 68.4 Å². The van der Waals surface area contributed by atoms with Crippen LogP contribution in [0.5, 0.6) is 0 Å². The van der Waals surface area contributed by atoms with E-state index in [4.69, 9.17) is 23.8 Å². The SMILES string of the molecule is Cc1ccc(-c2n[nH]c(=S)n2/N=C\c2c(C)nn(-c3ccccc3)c2Cl)cc1. The highest BCUT2D eigenvalue weighted by Crippen LogP contribution is 2.23. The van der Waals surface area contributed by atoms with E-state index < -0.39 is 0 Å². The lowest BCUT2D eigenvalue weighted by Gasteiger charge is -2.02. The van der Waals surface area contributed by atoms with Crippen molar-refractivity contribution < 1.29 is 0 Å². The molecule has 0 bridgehead atoms. The quantitative estimate of drug-likeness (QED) is 0.384. The molecule has 4 aromatic rings. The third-order valence-electron chi connectivity index (χ3n) is 4.31. The number of benzene rings is 2. The number of halogens is 1. The Hall–Kier alpha value is -3.03. The van der Waals surface area contributed by atoms with E-state index in [1.54, 1.807) is 15.6 Å². The van der Waals surface area contributed by atoms with Gasteiger partial charge in [-0.3, -0.25) is 0 Å². The number of aryl methyl sites for hydroxylation is 2. The second-order valence-electron chi connectivity index (χ2n) is 6.31. The Morgan fingerprint density at radius 1 is 1.07 bits per heavy atom. The topological polar surface area (TPSA) is 63.8 Å². The fourth-order valence-corrected chi connectivity index (χ4v) is 3.30. The van der Waals surface area contributed by atoms with E-state index in [0.29, 0.717) is 15.7 Å². The average Bonchev–Trinajstić information content (AvgIpc) is 3.21. The summed E-state index contributed by atoms with van der Waals surface area (Å²) in [5.74, 6) is 0.630. The molecule has 4 rings (SSSR count). The van der Waals surface area contributed by atoms with Crippen LogP contribution in [0.2, 0.25) is 5.15 Å². The summed E-state index contributed by atoms with van der Waals surface area (Å²) in [7, 11) is 0. The first-order chi connectivity index (χ1) is 13.5. The van der Waals surface area contributed by atoms with Crippen molar-refractivity contribution in [3.63, 3.8) is 0 Å². The van der Waals surface area contributed by atoms with Crippen LogP contribution in [0, 0.1) is 18.6 Å². The molecule has 0 aliphatic heterocycles. The first-order valence-corrected chi connectivity index (χ1v) is 9.42. The molecule has 8 heteroatoms. The van der Waals surface area contributed by atoms with E-state index in [0.717, 1.165) is 22.5 Å². The van der Waals surface area contributed by atoms with Gasteiger partial charge in [-0.15, -0.1) is 0 Å². The second kappa shape index (κ2) is 7.53. The zero-order chi connectivity index (χ0) is 19.7. The molecule has 0 radical (unpaired) electrons. The van der Waals surface area contributed by atoms with Gasteiger partial charge < -0.3 is 0 Å². The number of H-pyrrole nitrogens is 1. The number of nitrogens with zero attached hydrogens (tertiary/aromatic N) is 5.